The van der Waals surface area contributed by atoms with Gasteiger partial charge in [-0.05, 0) is 26.7 Å². The van der Waals surface area contributed by atoms with Gasteiger partial charge in [-0.25, -0.2) is 4.79 Å². The van der Waals surface area contributed by atoms with Gasteiger partial charge in [0.25, 0.3) is 0 Å². The van der Waals surface area contributed by atoms with Gasteiger partial charge in [-0.3, -0.25) is 4.79 Å². The van der Waals surface area contributed by atoms with Crippen molar-refractivity contribution in [3.63, 3.8) is 0 Å². The Balaban J connectivity index is 2.27. The summed E-state index contributed by atoms with van der Waals surface area (Å²) in [5.74, 6) is -0.0143. The maximum atomic E-state index is 11.5. The Morgan fingerprint density at radius 3 is 2.56 bits per heavy atom. The minimum Gasteiger partial charge on any atom is -0.450 e. The fourth-order valence-electron chi connectivity index (χ4n) is 2.00. The normalized spacial score (nSPS) is 18.3. The van der Waals surface area contributed by atoms with E-state index >= 15 is 0 Å². The van der Waals surface area contributed by atoms with Crippen molar-refractivity contribution in [2.45, 2.75) is 45.2 Å². The molecule has 104 valence electrons. The summed E-state index contributed by atoms with van der Waals surface area (Å²) in [4.78, 5) is 24.7. The third kappa shape index (κ3) is 4.91. The number of amides is 2. The lowest BCUT2D eigenvalue weighted by molar-refractivity contribution is -0.122. The number of nitrogens with zero attached hydrogens (tertiary/aromatic N) is 1. The van der Waals surface area contributed by atoms with Crippen LogP contribution in [0.15, 0.2) is 0 Å². The molecular formula is C12H23N3O3. The fourth-order valence-corrected chi connectivity index (χ4v) is 2.00. The summed E-state index contributed by atoms with van der Waals surface area (Å²) in [6, 6.07) is 0.0200. The number of nitrogens with two attached hydrogens (primary N) is 1. The Bertz CT molecular complexity index is 286. The second-order valence-corrected chi connectivity index (χ2v) is 4.71. The molecule has 0 bridgehead atoms. The summed E-state index contributed by atoms with van der Waals surface area (Å²) >= 11 is 0. The molecular weight excluding hydrogens is 234 g/mol. The molecule has 0 aromatic carbocycles. The van der Waals surface area contributed by atoms with Crippen molar-refractivity contribution in [2.24, 2.45) is 5.73 Å². The average Bonchev–Trinajstić information content (AvgIpc) is 2.29. The SMILES string of the molecule is CCOC(=O)N1CCC(NC(=O)CC(C)N)CC1. The molecule has 1 aliphatic heterocycles. The number of hydrogen-bond acceptors (Lipinski definition) is 4. The van der Waals surface area contributed by atoms with E-state index in [1.807, 2.05) is 6.92 Å². The first-order valence-corrected chi connectivity index (χ1v) is 6.49. The van der Waals surface area contributed by atoms with E-state index in [2.05, 4.69) is 5.32 Å². The minimum absolute atomic E-state index is 0.0143. The van der Waals surface area contributed by atoms with Crippen LogP contribution >= 0.6 is 0 Å². The number of likely N-dealkylation sites (tertiary alicyclic amines) is 1. The molecule has 1 fully saturated rings. The van der Waals surface area contributed by atoms with Crippen molar-refractivity contribution in [1.82, 2.24) is 10.2 Å². The van der Waals surface area contributed by atoms with Gasteiger partial charge >= 0.3 is 6.09 Å². The second kappa shape index (κ2) is 7.20. The summed E-state index contributed by atoms with van der Waals surface area (Å²) in [5, 5.41) is 2.94. The molecule has 1 unspecified atom stereocenters. The lowest BCUT2D eigenvalue weighted by Crippen LogP contribution is -2.47. The second-order valence-electron chi connectivity index (χ2n) is 4.71. The monoisotopic (exact) mass is 257 g/mol. The first-order chi connectivity index (χ1) is 8.52. The van der Waals surface area contributed by atoms with E-state index in [4.69, 9.17) is 10.5 Å². The van der Waals surface area contributed by atoms with Crippen LogP contribution in [0.5, 0.6) is 0 Å². The van der Waals surface area contributed by atoms with E-state index in [0.717, 1.165) is 12.8 Å². The highest BCUT2D eigenvalue weighted by Gasteiger charge is 2.24. The van der Waals surface area contributed by atoms with E-state index in [1.54, 1.807) is 11.8 Å². The Kier molecular flexibility index (Phi) is 5.91. The molecule has 18 heavy (non-hydrogen) atoms. The molecule has 2 amide bonds. The first kappa shape index (κ1) is 14.8. The van der Waals surface area contributed by atoms with E-state index in [1.165, 1.54) is 0 Å². The Labute approximate surface area is 108 Å². The molecule has 6 heteroatoms. The molecule has 1 rings (SSSR count). The third-order valence-electron chi connectivity index (χ3n) is 2.89. The van der Waals surface area contributed by atoms with Crippen LogP contribution in [0.25, 0.3) is 0 Å². The average molecular weight is 257 g/mol. The van der Waals surface area contributed by atoms with Crippen LogP contribution < -0.4 is 11.1 Å². The molecule has 0 saturated carbocycles. The molecule has 6 nitrogen and oxygen atoms in total. The summed E-state index contributed by atoms with van der Waals surface area (Å²) in [6.07, 6.45) is 1.61. The number of nitrogens with one attached hydrogen (secondary N) is 1. The molecule has 1 atom stereocenters. The first-order valence-electron chi connectivity index (χ1n) is 6.49. The Morgan fingerprint density at radius 2 is 2.06 bits per heavy atom. The number of ether oxygens (including phenoxy) is 1. The Hall–Kier alpha value is -1.30. The van der Waals surface area contributed by atoms with Gasteiger partial charge in [0.15, 0.2) is 0 Å². The number of rotatable bonds is 4. The van der Waals surface area contributed by atoms with E-state index < -0.39 is 0 Å². The van der Waals surface area contributed by atoms with Crippen molar-refractivity contribution >= 4 is 12.0 Å². The molecule has 0 aliphatic carbocycles. The van der Waals surface area contributed by atoms with E-state index in [0.29, 0.717) is 26.1 Å². The third-order valence-corrected chi connectivity index (χ3v) is 2.89. The topological polar surface area (TPSA) is 84.7 Å². The minimum atomic E-state index is -0.266. The maximum Gasteiger partial charge on any atom is 0.409 e. The quantitative estimate of drug-likeness (QED) is 0.766. The summed E-state index contributed by atoms with van der Waals surface area (Å²) in [6.45, 7) is 5.25. The fraction of sp³-hybridized carbons (Fsp3) is 0.833. The highest BCUT2D eigenvalue weighted by Crippen LogP contribution is 2.11. The van der Waals surface area contributed by atoms with Crippen molar-refractivity contribution in [3.8, 4) is 0 Å². The lowest BCUT2D eigenvalue weighted by Gasteiger charge is -2.31. The molecule has 0 aromatic rings. The maximum absolute atomic E-state index is 11.5. The van der Waals surface area contributed by atoms with Gasteiger partial charge in [-0.1, -0.05) is 0 Å². The number of piperidine rings is 1. The highest BCUT2D eigenvalue weighted by atomic mass is 16.6. The van der Waals surface area contributed by atoms with Crippen LogP contribution in [0.1, 0.15) is 33.1 Å². The van der Waals surface area contributed by atoms with E-state index in [-0.39, 0.29) is 24.1 Å². The highest BCUT2D eigenvalue weighted by molar-refractivity contribution is 5.76. The molecule has 1 saturated heterocycles. The predicted molar refractivity (Wildman–Crippen MR) is 68.0 cm³/mol. The lowest BCUT2D eigenvalue weighted by atomic mass is 10.0. The zero-order chi connectivity index (χ0) is 13.5. The largest absolute Gasteiger partial charge is 0.450 e. The molecule has 0 radical (unpaired) electrons. The van der Waals surface area contributed by atoms with Crippen molar-refractivity contribution < 1.29 is 14.3 Å². The van der Waals surface area contributed by atoms with Crippen molar-refractivity contribution in [1.29, 1.82) is 0 Å². The molecule has 3 N–H and O–H groups in total. The zero-order valence-electron chi connectivity index (χ0n) is 11.1. The van der Waals surface area contributed by atoms with Gasteiger partial charge in [0.05, 0.1) is 6.61 Å². The van der Waals surface area contributed by atoms with Gasteiger partial charge in [-0.2, -0.15) is 0 Å². The summed E-state index contributed by atoms with van der Waals surface area (Å²) < 4.78 is 4.93. The zero-order valence-corrected chi connectivity index (χ0v) is 11.1. The standard InChI is InChI=1S/C12H23N3O3/c1-3-18-12(17)15-6-4-10(5-7-15)14-11(16)8-9(2)13/h9-10H,3-8,13H2,1-2H3,(H,14,16). The smallest absolute Gasteiger partial charge is 0.409 e. The van der Waals surface area contributed by atoms with Crippen LogP contribution in [0.2, 0.25) is 0 Å². The summed E-state index contributed by atoms with van der Waals surface area (Å²) in [7, 11) is 0. The van der Waals surface area contributed by atoms with Crippen LogP contribution in [-0.4, -0.2) is 48.7 Å². The Morgan fingerprint density at radius 1 is 1.44 bits per heavy atom. The van der Waals surface area contributed by atoms with Gasteiger partial charge in [0.2, 0.25) is 5.91 Å². The number of carbonyl (C=O) groups excluding carboxylic acids is 2. The van der Waals surface area contributed by atoms with Gasteiger partial charge in [-0.15, -0.1) is 0 Å². The van der Waals surface area contributed by atoms with Gasteiger partial charge < -0.3 is 20.7 Å². The van der Waals surface area contributed by atoms with Crippen molar-refractivity contribution in [2.75, 3.05) is 19.7 Å². The predicted octanol–water partition coefficient (Wildman–Crippen LogP) is 0.461. The molecule has 1 heterocycles. The van der Waals surface area contributed by atoms with Crippen LogP contribution in [0, 0.1) is 0 Å². The van der Waals surface area contributed by atoms with Crippen molar-refractivity contribution in [3.05, 3.63) is 0 Å². The molecule has 0 spiro atoms. The van der Waals surface area contributed by atoms with Gasteiger partial charge in [0, 0.05) is 31.6 Å². The van der Waals surface area contributed by atoms with Crippen LogP contribution in [0.3, 0.4) is 0 Å². The number of carbonyl (C=O) groups is 2. The van der Waals surface area contributed by atoms with Crippen LogP contribution in [0.4, 0.5) is 4.79 Å². The number of hydrogen-bond donors (Lipinski definition) is 2. The molecule has 0 aromatic heterocycles. The van der Waals surface area contributed by atoms with Gasteiger partial charge in [0.1, 0.15) is 0 Å². The van der Waals surface area contributed by atoms with Crippen LogP contribution in [-0.2, 0) is 9.53 Å². The summed E-state index contributed by atoms with van der Waals surface area (Å²) in [5.41, 5.74) is 5.56. The molecule has 1 aliphatic rings. The van der Waals surface area contributed by atoms with E-state index in [9.17, 15) is 9.59 Å².